The molecule has 0 saturated carbocycles. The summed E-state index contributed by atoms with van der Waals surface area (Å²) < 4.78 is 0. The van der Waals surface area contributed by atoms with Crippen LogP contribution in [0.25, 0.3) is 6.08 Å². The third-order valence-electron chi connectivity index (χ3n) is 4.05. The number of hydrogen-bond acceptors (Lipinski definition) is 3. The van der Waals surface area contributed by atoms with Gasteiger partial charge in [0, 0.05) is 17.3 Å². The number of thioether (sulfide) groups is 1. The lowest BCUT2D eigenvalue weighted by atomic mass is 9.82. The fourth-order valence-corrected chi connectivity index (χ4v) is 3.46. The van der Waals surface area contributed by atoms with Crippen molar-refractivity contribution < 1.29 is 0 Å². The van der Waals surface area contributed by atoms with Crippen LogP contribution in [0.5, 0.6) is 0 Å². The van der Waals surface area contributed by atoms with Crippen LogP contribution in [0.15, 0.2) is 11.1 Å². The summed E-state index contributed by atoms with van der Waals surface area (Å²) in [5.41, 5.74) is 5.15. The van der Waals surface area contributed by atoms with Gasteiger partial charge in [-0.3, -0.25) is 0 Å². The van der Waals surface area contributed by atoms with Crippen LogP contribution in [0, 0.1) is 24.2 Å². The zero-order valence-corrected chi connectivity index (χ0v) is 12.7. The van der Waals surface area contributed by atoms with Gasteiger partial charge >= 0.3 is 0 Å². The first-order valence-electron chi connectivity index (χ1n) is 6.83. The average Bonchev–Trinajstić information content (AvgIpc) is 2.45. The Hall–Kier alpha value is -1.27. The smallest absolute Gasteiger partial charge is 0.104 e. The van der Waals surface area contributed by atoms with E-state index in [2.05, 4.69) is 26.2 Å². The lowest BCUT2D eigenvalue weighted by molar-refractivity contribution is 0.437. The number of allylic oxidation sites excluding steroid dienone is 1. The SMILES string of the molecule is CCC1CCc2nc(SC)c(/C=C/C#N)c(C)c2C1. The maximum atomic E-state index is 8.74. The fraction of sp³-hybridized carbons (Fsp3) is 0.500. The van der Waals surface area contributed by atoms with Gasteiger partial charge in [0.1, 0.15) is 5.03 Å². The maximum absolute atomic E-state index is 8.74. The zero-order chi connectivity index (χ0) is 13.8. The first-order chi connectivity index (χ1) is 9.21. The molecule has 0 fully saturated rings. The molecule has 0 aromatic carbocycles. The van der Waals surface area contributed by atoms with E-state index in [0.29, 0.717) is 0 Å². The standard InChI is InChI=1S/C16H20N2S/c1-4-12-7-8-15-14(10-12)11(2)13(6-5-9-17)16(18-15)19-3/h5-6,12H,4,7-8,10H2,1-3H3/b6-5+. The van der Waals surface area contributed by atoms with Gasteiger partial charge in [0.15, 0.2) is 0 Å². The van der Waals surface area contributed by atoms with Gasteiger partial charge in [-0.15, -0.1) is 11.8 Å². The summed E-state index contributed by atoms with van der Waals surface area (Å²) in [7, 11) is 0. The molecule has 1 aliphatic carbocycles. The van der Waals surface area contributed by atoms with Gasteiger partial charge in [-0.25, -0.2) is 4.98 Å². The average molecular weight is 272 g/mol. The summed E-state index contributed by atoms with van der Waals surface area (Å²) >= 11 is 1.67. The number of fused-ring (bicyclic) bond motifs is 1. The summed E-state index contributed by atoms with van der Waals surface area (Å²) in [5.74, 6) is 0.793. The van der Waals surface area contributed by atoms with Gasteiger partial charge in [0.25, 0.3) is 0 Å². The van der Waals surface area contributed by atoms with Crippen molar-refractivity contribution in [2.75, 3.05) is 6.26 Å². The third kappa shape index (κ3) is 2.84. The van der Waals surface area contributed by atoms with Gasteiger partial charge in [-0.1, -0.05) is 13.3 Å². The van der Waals surface area contributed by atoms with Crippen molar-refractivity contribution in [3.05, 3.63) is 28.5 Å². The first-order valence-corrected chi connectivity index (χ1v) is 8.06. The molecule has 3 heteroatoms. The van der Waals surface area contributed by atoms with Crippen LogP contribution < -0.4 is 0 Å². The number of aromatic nitrogens is 1. The monoisotopic (exact) mass is 272 g/mol. The Bertz CT molecular complexity index is 541. The molecular weight excluding hydrogens is 252 g/mol. The second kappa shape index (κ2) is 6.25. The van der Waals surface area contributed by atoms with Crippen molar-refractivity contribution >= 4 is 17.8 Å². The lowest BCUT2D eigenvalue weighted by Crippen LogP contribution is -2.17. The molecule has 0 amide bonds. The molecule has 1 aromatic heterocycles. The summed E-state index contributed by atoms with van der Waals surface area (Å²) in [6.45, 7) is 4.44. The Balaban J connectivity index is 2.51. The van der Waals surface area contributed by atoms with Crippen molar-refractivity contribution in [3.8, 4) is 6.07 Å². The molecule has 2 nitrogen and oxygen atoms in total. The molecule has 0 spiro atoms. The van der Waals surface area contributed by atoms with Crippen molar-refractivity contribution in [1.29, 1.82) is 5.26 Å². The van der Waals surface area contributed by atoms with Gasteiger partial charge in [-0.05, 0) is 55.6 Å². The number of rotatable bonds is 3. The first kappa shape index (κ1) is 14.1. The number of aryl methyl sites for hydroxylation is 1. The highest BCUT2D eigenvalue weighted by atomic mass is 32.2. The van der Waals surface area contributed by atoms with E-state index >= 15 is 0 Å². The van der Waals surface area contributed by atoms with E-state index in [1.807, 2.05) is 6.08 Å². The molecule has 0 N–H and O–H groups in total. The van der Waals surface area contributed by atoms with E-state index in [4.69, 9.17) is 10.2 Å². The fourth-order valence-electron chi connectivity index (χ4n) is 2.82. The number of pyridine rings is 1. The molecule has 0 saturated heterocycles. The molecule has 0 radical (unpaired) electrons. The minimum Gasteiger partial charge on any atom is -0.246 e. The zero-order valence-electron chi connectivity index (χ0n) is 11.9. The molecule has 1 atom stereocenters. The van der Waals surface area contributed by atoms with Crippen LogP contribution in [0.3, 0.4) is 0 Å². The summed E-state index contributed by atoms with van der Waals surface area (Å²) in [6.07, 6.45) is 10.3. The van der Waals surface area contributed by atoms with Crippen LogP contribution in [0.2, 0.25) is 0 Å². The van der Waals surface area contributed by atoms with E-state index in [9.17, 15) is 0 Å². The molecule has 0 aliphatic heterocycles. The van der Waals surface area contributed by atoms with Crippen LogP contribution in [0.1, 0.15) is 42.1 Å². The summed E-state index contributed by atoms with van der Waals surface area (Å²) in [4.78, 5) is 4.82. The molecule has 19 heavy (non-hydrogen) atoms. The van der Waals surface area contributed by atoms with Gasteiger partial charge in [-0.2, -0.15) is 5.26 Å². The Morgan fingerprint density at radius 3 is 2.95 bits per heavy atom. The van der Waals surface area contributed by atoms with Crippen molar-refractivity contribution in [3.63, 3.8) is 0 Å². The van der Waals surface area contributed by atoms with Gasteiger partial charge < -0.3 is 0 Å². The van der Waals surface area contributed by atoms with Crippen molar-refractivity contribution in [2.24, 2.45) is 5.92 Å². The second-order valence-electron chi connectivity index (χ2n) is 5.06. The Labute approximate surface area is 119 Å². The van der Waals surface area contributed by atoms with E-state index in [-0.39, 0.29) is 0 Å². The minimum atomic E-state index is 0.793. The molecule has 1 aliphatic rings. The maximum Gasteiger partial charge on any atom is 0.104 e. The van der Waals surface area contributed by atoms with Gasteiger partial charge in [0.05, 0.1) is 6.07 Å². The highest BCUT2D eigenvalue weighted by Crippen LogP contribution is 2.34. The topological polar surface area (TPSA) is 36.7 Å². The Kier molecular flexibility index (Phi) is 4.66. The third-order valence-corrected chi connectivity index (χ3v) is 4.75. The summed E-state index contributed by atoms with van der Waals surface area (Å²) in [5, 5.41) is 9.79. The van der Waals surface area contributed by atoms with Crippen molar-refractivity contribution in [2.45, 2.75) is 44.6 Å². The highest BCUT2D eigenvalue weighted by Gasteiger charge is 2.22. The quantitative estimate of drug-likeness (QED) is 0.612. The normalized spacial score (nSPS) is 18.3. The number of hydrogen-bond donors (Lipinski definition) is 0. The van der Waals surface area contributed by atoms with Crippen molar-refractivity contribution in [1.82, 2.24) is 4.98 Å². The van der Waals surface area contributed by atoms with Crippen LogP contribution in [-0.2, 0) is 12.8 Å². The summed E-state index contributed by atoms with van der Waals surface area (Å²) in [6, 6.07) is 2.08. The lowest BCUT2D eigenvalue weighted by Gasteiger charge is -2.26. The van der Waals surface area contributed by atoms with Crippen LogP contribution in [0.4, 0.5) is 0 Å². The predicted octanol–water partition coefficient (Wildman–Crippen LogP) is 4.16. The largest absolute Gasteiger partial charge is 0.246 e. The van der Waals surface area contributed by atoms with E-state index < -0.39 is 0 Å². The van der Waals surface area contributed by atoms with Crippen LogP contribution in [-0.4, -0.2) is 11.2 Å². The number of nitriles is 1. The molecule has 1 aromatic rings. The van der Waals surface area contributed by atoms with E-state index in [1.54, 1.807) is 17.8 Å². The predicted molar refractivity (Wildman–Crippen MR) is 81.2 cm³/mol. The second-order valence-corrected chi connectivity index (χ2v) is 5.86. The molecule has 1 unspecified atom stereocenters. The highest BCUT2D eigenvalue weighted by molar-refractivity contribution is 7.98. The van der Waals surface area contributed by atoms with Crippen LogP contribution >= 0.6 is 11.8 Å². The van der Waals surface area contributed by atoms with Gasteiger partial charge in [0.2, 0.25) is 0 Å². The molecule has 100 valence electrons. The number of nitrogens with zero attached hydrogens (tertiary/aromatic N) is 2. The Morgan fingerprint density at radius 2 is 2.32 bits per heavy atom. The molecule has 0 bridgehead atoms. The van der Waals surface area contributed by atoms with E-state index in [1.165, 1.54) is 29.7 Å². The Morgan fingerprint density at radius 1 is 1.53 bits per heavy atom. The minimum absolute atomic E-state index is 0.793. The van der Waals surface area contributed by atoms with E-state index in [0.717, 1.165) is 29.3 Å². The molecular formula is C16H20N2S. The molecule has 2 rings (SSSR count). The molecule has 1 heterocycles.